The summed E-state index contributed by atoms with van der Waals surface area (Å²) >= 11 is 1.83. The molecule has 3 rings (SSSR count). The molecule has 1 aliphatic heterocycles. The van der Waals surface area contributed by atoms with E-state index in [9.17, 15) is 4.79 Å². The van der Waals surface area contributed by atoms with Gasteiger partial charge in [-0.1, -0.05) is 18.2 Å². The van der Waals surface area contributed by atoms with Crippen LogP contribution in [0.1, 0.15) is 47.2 Å². The van der Waals surface area contributed by atoms with Gasteiger partial charge >= 0.3 is 6.09 Å². The first-order valence-electron chi connectivity index (χ1n) is 8.65. The van der Waals surface area contributed by atoms with E-state index in [1.54, 1.807) is 4.90 Å². The molecule has 0 unspecified atom stereocenters. The average molecular weight is 359 g/mol. The third kappa shape index (κ3) is 4.83. The van der Waals surface area contributed by atoms with Gasteiger partial charge in [-0.05, 0) is 56.5 Å². The molecule has 0 spiro atoms. The van der Waals surface area contributed by atoms with Crippen molar-refractivity contribution in [3.63, 3.8) is 0 Å². The number of hydrogen-bond donors (Lipinski definition) is 1. The fourth-order valence-electron chi connectivity index (χ4n) is 2.92. The third-order valence-corrected chi connectivity index (χ3v) is 5.07. The number of carbonyl (C=O) groups excluding carboxylic acids is 1. The lowest BCUT2D eigenvalue weighted by Crippen LogP contribution is -2.33. The molecule has 0 saturated heterocycles. The van der Waals surface area contributed by atoms with Gasteiger partial charge in [-0.2, -0.15) is 0 Å². The molecule has 2 aromatic rings. The zero-order valence-electron chi connectivity index (χ0n) is 15.4. The monoisotopic (exact) mass is 358 g/mol. The van der Waals surface area contributed by atoms with E-state index in [1.165, 1.54) is 26.4 Å². The number of amides is 1. The maximum atomic E-state index is 12.2. The molecular formula is C20H26N2O2S. The van der Waals surface area contributed by atoms with Crippen molar-refractivity contribution in [1.82, 2.24) is 10.2 Å². The van der Waals surface area contributed by atoms with Crippen LogP contribution in [0.5, 0.6) is 0 Å². The average Bonchev–Trinajstić information content (AvgIpc) is 3.11. The Hall–Kier alpha value is -1.85. The molecule has 0 fully saturated rings. The number of rotatable bonds is 4. The number of aryl methyl sites for hydroxylation is 1. The lowest BCUT2D eigenvalue weighted by atomic mass is 10.1. The highest BCUT2D eigenvalue weighted by molar-refractivity contribution is 7.11. The van der Waals surface area contributed by atoms with Gasteiger partial charge in [-0.25, -0.2) is 4.79 Å². The highest BCUT2D eigenvalue weighted by atomic mass is 32.1. The number of hydrogen-bond acceptors (Lipinski definition) is 4. The van der Waals surface area contributed by atoms with E-state index in [4.69, 9.17) is 4.74 Å². The Bertz CT molecular complexity index is 761. The van der Waals surface area contributed by atoms with Crippen LogP contribution in [0.2, 0.25) is 0 Å². The molecule has 134 valence electrons. The third-order valence-electron chi connectivity index (χ3n) is 4.07. The van der Waals surface area contributed by atoms with Crippen molar-refractivity contribution in [2.75, 3.05) is 0 Å². The van der Waals surface area contributed by atoms with Crippen molar-refractivity contribution in [3.8, 4) is 0 Å². The van der Waals surface area contributed by atoms with Gasteiger partial charge in [-0.3, -0.25) is 4.90 Å². The molecular weight excluding hydrogens is 332 g/mol. The summed E-state index contributed by atoms with van der Waals surface area (Å²) in [4.78, 5) is 16.7. The Balaban J connectivity index is 1.55. The van der Waals surface area contributed by atoms with Crippen molar-refractivity contribution in [2.45, 2.75) is 59.5 Å². The van der Waals surface area contributed by atoms with Crippen LogP contribution in [0.3, 0.4) is 0 Å². The number of nitrogens with zero attached hydrogens (tertiary/aromatic N) is 1. The van der Waals surface area contributed by atoms with Crippen LogP contribution in [0.4, 0.5) is 4.79 Å². The minimum atomic E-state index is -0.457. The van der Waals surface area contributed by atoms with Crippen molar-refractivity contribution in [1.29, 1.82) is 0 Å². The highest BCUT2D eigenvalue weighted by Crippen LogP contribution is 2.25. The van der Waals surface area contributed by atoms with Crippen LogP contribution < -0.4 is 5.32 Å². The first-order valence-corrected chi connectivity index (χ1v) is 9.46. The highest BCUT2D eigenvalue weighted by Gasteiger charge is 2.27. The minimum absolute atomic E-state index is 0.239. The van der Waals surface area contributed by atoms with Gasteiger partial charge in [-0.15, -0.1) is 11.3 Å². The summed E-state index contributed by atoms with van der Waals surface area (Å²) in [5.41, 5.74) is 3.22. The van der Waals surface area contributed by atoms with E-state index in [0.717, 1.165) is 13.1 Å². The summed E-state index contributed by atoms with van der Waals surface area (Å²) in [6, 6.07) is 10.8. The van der Waals surface area contributed by atoms with Crippen molar-refractivity contribution in [2.24, 2.45) is 0 Å². The van der Waals surface area contributed by atoms with Crippen LogP contribution in [0.15, 0.2) is 30.3 Å². The fourth-order valence-corrected chi connectivity index (χ4v) is 3.78. The van der Waals surface area contributed by atoms with Crippen LogP contribution in [-0.4, -0.2) is 16.6 Å². The number of carbonyl (C=O) groups is 1. The van der Waals surface area contributed by atoms with E-state index in [1.807, 2.05) is 32.1 Å². The van der Waals surface area contributed by atoms with Crippen molar-refractivity contribution >= 4 is 17.4 Å². The zero-order valence-corrected chi connectivity index (χ0v) is 16.2. The predicted octanol–water partition coefficient (Wildman–Crippen LogP) is 4.60. The Kier molecular flexibility index (Phi) is 5.16. The van der Waals surface area contributed by atoms with Gasteiger partial charge in [0, 0.05) is 35.9 Å². The topological polar surface area (TPSA) is 41.6 Å². The van der Waals surface area contributed by atoms with Crippen LogP contribution in [0, 0.1) is 6.92 Å². The van der Waals surface area contributed by atoms with Crippen LogP contribution in [-0.2, 0) is 30.9 Å². The molecule has 0 bridgehead atoms. The van der Waals surface area contributed by atoms with Crippen molar-refractivity contribution in [3.05, 3.63) is 56.8 Å². The molecule has 1 aromatic carbocycles. The lowest BCUT2D eigenvalue weighted by molar-refractivity contribution is 0.0242. The maximum Gasteiger partial charge on any atom is 0.410 e. The number of nitrogens with one attached hydrogen (secondary N) is 1. The number of ether oxygens (including phenoxy) is 1. The number of thiophene rings is 1. The van der Waals surface area contributed by atoms with Gasteiger partial charge in [0.2, 0.25) is 0 Å². The molecule has 4 nitrogen and oxygen atoms in total. The predicted molar refractivity (Wildman–Crippen MR) is 102 cm³/mol. The zero-order chi connectivity index (χ0) is 18.0. The Morgan fingerprint density at radius 2 is 1.92 bits per heavy atom. The minimum Gasteiger partial charge on any atom is -0.444 e. The summed E-state index contributed by atoms with van der Waals surface area (Å²) in [5.74, 6) is 0. The summed E-state index contributed by atoms with van der Waals surface area (Å²) in [7, 11) is 0. The maximum absolute atomic E-state index is 12.2. The molecule has 5 heteroatoms. The molecule has 1 amide bonds. The number of benzene rings is 1. The lowest BCUT2D eigenvalue weighted by Gasteiger charge is -2.24. The van der Waals surface area contributed by atoms with E-state index >= 15 is 0 Å². The Morgan fingerprint density at radius 1 is 1.16 bits per heavy atom. The Morgan fingerprint density at radius 3 is 2.60 bits per heavy atom. The molecule has 1 aliphatic rings. The van der Waals surface area contributed by atoms with Gasteiger partial charge in [0.05, 0.1) is 0 Å². The van der Waals surface area contributed by atoms with Gasteiger partial charge < -0.3 is 10.1 Å². The van der Waals surface area contributed by atoms with E-state index < -0.39 is 5.60 Å². The molecule has 25 heavy (non-hydrogen) atoms. The molecule has 1 N–H and O–H groups in total. The second kappa shape index (κ2) is 7.18. The fraction of sp³-hybridized carbons (Fsp3) is 0.450. The normalized spacial score (nSPS) is 13.8. The molecule has 2 heterocycles. The first kappa shape index (κ1) is 18.0. The van der Waals surface area contributed by atoms with E-state index in [0.29, 0.717) is 13.1 Å². The van der Waals surface area contributed by atoms with Gasteiger partial charge in [0.15, 0.2) is 0 Å². The smallest absolute Gasteiger partial charge is 0.410 e. The SMILES string of the molecule is Cc1ccc(CNCc2ccc3c(c2)CN(C(=O)OC(C)(C)C)C3)s1. The van der Waals surface area contributed by atoms with E-state index in [2.05, 4.69) is 42.6 Å². The standard InChI is InChI=1S/C20H26N2O2S/c1-14-5-8-18(25-14)11-21-10-15-6-7-16-12-22(13-17(16)9-15)19(23)24-20(2,3)4/h5-9,21H,10-13H2,1-4H3. The number of fused-ring (bicyclic) bond motifs is 1. The quantitative estimate of drug-likeness (QED) is 0.869. The summed E-state index contributed by atoms with van der Waals surface area (Å²) in [6.07, 6.45) is -0.239. The summed E-state index contributed by atoms with van der Waals surface area (Å²) in [5, 5.41) is 3.49. The van der Waals surface area contributed by atoms with Crippen LogP contribution >= 0.6 is 11.3 Å². The molecule has 1 aromatic heterocycles. The Labute approximate surface area is 153 Å². The molecule has 0 aliphatic carbocycles. The largest absolute Gasteiger partial charge is 0.444 e. The molecule has 0 radical (unpaired) electrons. The summed E-state index contributed by atoms with van der Waals surface area (Å²) < 4.78 is 5.47. The van der Waals surface area contributed by atoms with Crippen LogP contribution in [0.25, 0.3) is 0 Å². The molecule has 0 atom stereocenters. The first-order chi connectivity index (χ1) is 11.8. The summed E-state index contributed by atoms with van der Waals surface area (Å²) in [6.45, 7) is 10.8. The van der Waals surface area contributed by atoms with E-state index in [-0.39, 0.29) is 6.09 Å². The second-order valence-corrected chi connectivity index (χ2v) is 8.93. The molecule has 0 saturated carbocycles. The van der Waals surface area contributed by atoms with Gasteiger partial charge in [0.1, 0.15) is 5.60 Å². The van der Waals surface area contributed by atoms with Gasteiger partial charge in [0.25, 0.3) is 0 Å². The van der Waals surface area contributed by atoms with Crippen molar-refractivity contribution < 1.29 is 9.53 Å². The second-order valence-electron chi connectivity index (χ2n) is 7.56.